The maximum atomic E-state index is 14.8. The Labute approximate surface area is 842 Å². The third-order valence-corrected chi connectivity index (χ3v) is 29.7. The van der Waals surface area contributed by atoms with Crippen molar-refractivity contribution in [3.05, 3.63) is 137 Å². The summed E-state index contributed by atoms with van der Waals surface area (Å²) < 4.78 is 85.8. The molecule has 16 atom stereocenters. The maximum absolute atomic E-state index is 14.8. The minimum absolute atomic E-state index is 0.0130. The standard InChI is InChI=1S/C44H57N5O9.C31H42BrNO9S.C18H22N4O3.C12H15NO4/c1-8-28-22-44(28,42(53)54)23-36(50)35-19-31(24-48(35)41(52)33(43(4,5)6)20-40(51)58-30-16-26-15-27(26)17-30)57-37-21-39(49-12-11-38(47-49)45-25(2)3)46-34-18-29(9-10-32(34)37)56-14-13-55-7;1-9-19-16-31(19,28(37)40-8)17-25(34)24-14-21(42-43(38,39)22-12-10-20(32)11-13-22)18-33(24)27(36)23(29(2,3)4)15-26(35)41-30(5,6)7;1-12(2)19-17-6-7-22(21-17)18-11-16(23)14-5-4-13(10-15(14)20-18)25-9-8-24-3;14-10-1-2-11(15)13(10)6-12(16)17-9-4-7-3-8(7)5-9/h8-12,18,21,25-28,30-31,33,35H,1,13-17,19-20,22-24H2,2-7H3,(H,45,47)(H,53,54);9-13,19,21,23-24H,1,14-18H2,2-8H3;4-7,10-12H,8-9H2,1-3H3,(H,19,21)(H,20,23);7-9H,1-6H2/t26-,27+,28-,30?,31-,33-,35+,44-;19-,21+,23-,24+,31-;;7-,8+,9?/m11../s1. The highest BCUT2D eigenvalue weighted by molar-refractivity contribution is 9.10. The lowest BCUT2D eigenvalue weighted by atomic mass is 9.77. The number of fused-ring (bicyclic) bond motifs is 4. The fourth-order valence-corrected chi connectivity index (χ4v) is 21.2. The minimum atomic E-state index is -4.23. The topological polar surface area (TPSA) is 450 Å². The molecule has 0 radical (unpaired) electrons. The summed E-state index contributed by atoms with van der Waals surface area (Å²) in [6.07, 6.45) is 11.5. The van der Waals surface area contributed by atoms with Crippen molar-refractivity contribution in [2.45, 2.75) is 252 Å². The highest BCUT2D eigenvalue weighted by Crippen LogP contribution is 2.59. The van der Waals surface area contributed by atoms with E-state index < -0.39 is 115 Å². The number of aromatic amines is 1. The number of esters is 4. The molecule has 774 valence electrons. The molecule has 4 N–H and O–H groups in total. The second-order valence-corrected chi connectivity index (χ2v) is 45.2. The van der Waals surface area contributed by atoms with Crippen molar-refractivity contribution in [3.63, 3.8) is 0 Å². The minimum Gasteiger partial charge on any atom is -0.491 e. The predicted molar refractivity (Wildman–Crippen MR) is 532 cm³/mol. The molecule has 7 heterocycles. The Morgan fingerprint density at radius 2 is 1.07 bits per heavy atom. The van der Waals surface area contributed by atoms with Crippen LogP contribution in [0.3, 0.4) is 0 Å². The van der Waals surface area contributed by atoms with Crippen LogP contribution >= 0.6 is 15.9 Å². The first kappa shape index (κ1) is 109. The van der Waals surface area contributed by atoms with Gasteiger partial charge in [0.25, 0.3) is 10.1 Å². The van der Waals surface area contributed by atoms with E-state index in [4.69, 9.17) is 51.8 Å². The van der Waals surface area contributed by atoms with Gasteiger partial charge in [-0.3, -0.25) is 66.6 Å². The third-order valence-electron chi connectivity index (χ3n) is 27.8. The molecule has 38 heteroatoms. The van der Waals surface area contributed by atoms with Gasteiger partial charge in [0.1, 0.15) is 78.4 Å². The number of carbonyl (C=O) groups is 11. The van der Waals surface area contributed by atoms with E-state index in [0.717, 1.165) is 48.2 Å². The van der Waals surface area contributed by atoms with Gasteiger partial charge in [0.2, 0.25) is 23.6 Å². The molecule has 16 rings (SSSR count). The van der Waals surface area contributed by atoms with Crippen molar-refractivity contribution < 1.29 is 113 Å². The SMILES string of the molecule is C=C[C@@H]1C[C@]1(CC(=O)[C@@H]1C[C@@H](Oc2cc(-n3ccc(NC(C)C)n3)nc3cc(OCCOC)ccc23)CN1C(=O)[C@@H](CC(=O)OC1C[C@@H]2C[C@@H]2C1)C(C)(C)C)C(=O)O.C=C[C@@H]1C[C@]1(CC(=O)[C@@H]1C[C@H](OS(=O)(=O)c2ccc(Br)cc2)CN1C(=O)[C@@H](CC(=O)OC(C)(C)C)C(C)(C)C)C(=O)OC.COCCOc1ccc2c(=O)cc(-n3ccc(NC(C)C)n3)[nH]c2c1.O=C(CN1C(=O)CCC1=O)OC1C[C@@H]2C[C@@H]2C1. The van der Waals surface area contributed by atoms with E-state index in [2.05, 4.69) is 54.9 Å². The zero-order valence-corrected chi connectivity index (χ0v) is 86.8. The van der Waals surface area contributed by atoms with Crippen LogP contribution in [0.1, 0.15) is 193 Å². The lowest BCUT2D eigenvalue weighted by Gasteiger charge is -2.35. The van der Waals surface area contributed by atoms with Crippen LogP contribution in [0.4, 0.5) is 11.6 Å². The molecule has 3 saturated heterocycles. The number of likely N-dealkylation sites (tertiary alicyclic amines) is 3. The van der Waals surface area contributed by atoms with Gasteiger partial charge in [-0.05, 0) is 195 Å². The van der Waals surface area contributed by atoms with Gasteiger partial charge in [0, 0.05) is 135 Å². The number of imide groups is 1. The van der Waals surface area contributed by atoms with Crippen molar-refractivity contribution in [1.29, 1.82) is 0 Å². The molecule has 0 bridgehead atoms. The molecule has 3 aliphatic heterocycles. The molecule has 0 spiro atoms. The van der Waals surface area contributed by atoms with Crippen LogP contribution in [-0.2, 0) is 95.5 Å². The maximum Gasteiger partial charge on any atom is 0.326 e. The summed E-state index contributed by atoms with van der Waals surface area (Å²) in [7, 11) is 0.249. The number of halogens is 1. The van der Waals surface area contributed by atoms with Crippen LogP contribution < -0.4 is 30.3 Å². The van der Waals surface area contributed by atoms with E-state index in [1.165, 1.54) is 41.9 Å². The average molecular weight is 2060 g/mol. The molecule has 9 fully saturated rings. The molecular weight excluding hydrogens is 1930 g/mol. The van der Waals surface area contributed by atoms with Crippen molar-refractivity contribution in [2.24, 2.45) is 69.0 Å². The molecular formula is C105H136BrN11O25S. The summed E-state index contributed by atoms with van der Waals surface area (Å²) in [6, 6.07) is 22.2. The largest absolute Gasteiger partial charge is 0.491 e. The molecule has 143 heavy (non-hydrogen) atoms. The Kier molecular flexibility index (Phi) is 34.4. The van der Waals surface area contributed by atoms with E-state index >= 15 is 0 Å². The number of ketones is 2. The highest BCUT2D eigenvalue weighted by atomic mass is 79.9. The number of anilines is 2. The molecule has 6 saturated carbocycles. The fourth-order valence-electron chi connectivity index (χ4n) is 19.8. The normalized spacial score (nSPS) is 24.3. The number of hydrogen-bond donors (Lipinski definition) is 4. The quantitative estimate of drug-likeness (QED) is 0.00694. The summed E-state index contributed by atoms with van der Waals surface area (Å²) in [5.41, 5.74) is -3.25. The van der Waals surface area contributed by atoms with E-state index in [1.807, 2.05) is 106 Å². The Bertz CT molecular complexity index is 6040. The highest BCUT2D eigenvalue weighted by Gasteiger charge is 2.63. The fraction of sp³-hybridized carbons (Fsp3) is 0.571. The molecule has 6 aliphatic carbocycles. The number of benzene rings is 3. The van der Waals surface area contributed by atoms with Crippen LogP contribution in [0.2, 0.25) is 0 Å². The first-order valence-corrected chi connectivity index (χ1v) is 51.3. The van der Waals surface area contributed by atoms with E-state index in [9.17, 15) is 71.1 Å². The van der Waals surface area contributed by atoms with Gasteiger partial charge in [0.05, 0.1) is 96.5 Å². The number of nitrogens with zero attached hydrogens (tertiary/aromatic N) is 8. The van der Waals surface area contributed by atoms with Crippen LogP contribution in [0.5, 0.6) is 17.2 Å². The van der Waals surface area contributed by atoms with Crippen LogP contribution in [-0.4, -0.2) is 244 Å². The van der Waals surface area contributed by atoms with E-state index in [0.29, 0.717) is 112 Å². The van der Waals surface area contributed by atoms with Gasteiger partial charge in [-0.25, -0.2) is 14.3 Å². The third kappa shape index (κ3) is 27.5. The zero-order chi connectivity index (χ0) is 104. The Balaban J connectivity index is 0.000000175. The number of carboxylic acid groups (broad SMARTS) is 1. The molecule has 36 nitrogen and oxygen atoms in total. The summed E-state index contributed by atoms with van der Waals surface area (Å²) in [6.45, 7) is 33.4. The van der Waals surface area contributed by atoms with E-state index in [-0.39, 0.29) is 141 Å². The number of pyridine rings is 2. The monoisotopic (exact) mass is 2060 g/mol. The second-order valence-electron chi connectivity index (χ2n) is 42.7. The lowest BCUT2D eigenvalue weighted by molar-refractivity contribution is -0.161. The van der Waals surface area contributed by atoms with Gasteiger partial charge in [0.15, 0.2) is 22.8 Å². The number of aliphatic carboxylic acids is 1. The summed E-state index contributed by atoms with van der Waals surface area (Å²) in [5.74, 6) is -0.417. The molecule has 2 unspecified atom stereocenters. The number of H-pyrrole nitrogens is 1. The number of aromatic nitrogens is 6. The molecule has 3 aromatic carbocycles. The Morgan fingerprint density at radius 1 is 0.580 bits per heavy atom. The van der Waals surface area contributed by atoms with E-state index in [1.54, 1.807) is 105 Å². The van der Waals surface area contributed by atoms with Crippen molar-refractivity contribution >= 4 is 125 Å². The number of rotatable bonds is 39. The molecule has 9 aliphatic rings. The van der Waals surface area contributed by atoms with Crippen LogP contribution in [0.15, 0.2) is 137 Å². The zero-order valence-electron chi connectivity index (χ0n) is 84.4. The summed E-state index contributed by atoms with van der Waals surface area (Å²) in [4.78, 5) is 167. The van der Waals surface area contributed by atoms with Crippen molar-refractivity contribution in [3.8, 4) is 28.9 Å². The van der Waals surface area contributed by atoms with Gasteiger partial charge >= 0.3 is 29.8 Å². The smallest absolute Gasteiger partial charge is 0.326 e. The summed E-state index contributed by atoms with van der Waals surface area (Å²) >= 11 is 3.27. The average Bonchev–Trinajstić information content (AvgIpc) is 1.58. The molecule has 4 amide bonds. The van der Waals surface area contributed by atoms with Crippen molar-refractivity contribution in [1.82, 2.24) is 44.2 Å². The first-order valence-electron chi connectivity index (χ1n) is 49.1. The summed E-state index contributed by atoms with van der Waals surface area (Å²) in [5, 5.41) is 27.1. The van der Waals surface area contributed by atoms with Gasteiger partial charge < -0.3 is 73.2 Å². The molecule has 4 aromatic heterocycles. The van der Waals surface area contributed by atoms with Gasteiger partial charge in [-0.1, -0.05) is 69.6 Å². The number of amides is 4. The predicted octanol–water partition coefficient (Wildman–Crippen LogP) is 14.1. The van der Waals surface area contributed by atoms with Gasteiger partial charge in [-0.2, -0.15) is 8.42 Å². The van der Waals surface area contributed by atoms with Crippen LogP contribution in [0, 0.1) is 69.0 Å². The Hall–Kier alpha value is -11.7. The number of nitrogens with one attached hydrogen (secondary N) is 3. The second kappa shape index (κ2) is 45.3. The van der Waals surface area contributed by atoms with Crippen molar-refractivity contribution in [2.75, 3.05) is 78.0 Å². The number of carboxylic acids is 1. The lowest BCUT2D eigenvalue weighted by Crippen LogP contribution is -2.48. The Morgan fingerprint density at radius 3 is 1.57 bits per heavy atom. The number of hydrogen-bond acceptors (Lipinski definition) is 29. The molecule has 7 aromatic rings. The van der Waals surface area contributed by atoms with Crippen LogP contribution in [0.25, 0.3) is 33.4 Å². The number of Topliss-reactive ketones (excluding diaryl/α,β-unsaturated/α-hetero) is 2. The number of methoxy groups -OCH3 is 3. The van der Waals surface area contributed by atoms with Gasteiger partial charge in [-0.15, -0.1) is 23.4 Å². The number of ether oxygens (including phenoxy) is 9. The first-order chi connectivity index (χ1) is 67.5. The number of allylic oxidation sites excluding steroid dienone is 2. The number of carbonyl (C=O) groups excluding carboxylic acids is 10.